The molecule has 1 aromatic rings. The normalized spacial score (nSPS) is 17.4. The van der Waals surface area contributed by atoms with E-state index in [4.69, 9.17) is 11.6 Å². The lowest BCUT2D eigenvalue weighted by atomic mass is 10.2. The minimum atomic E-state index is -0.581. The molecule has 0 atom stereocenters. The summed E-state index contributed by atoms with van der Waals surface area (Å²) in [6, 6.07) is 3.76. The van der Waals surface area contributed by atoms with Crippen molar-refractivity contribution in [2.45, 2.75) is 25.4 Å². The lowest BCUT2D eigenvalue weighted by molar-refractivity contribution is -0.137. The fourth-order valence-electron chi connectivity index (χ4n) is 2.50. The Balaban J connectivity index is 1.75. The zero-order valence-electron chi connectivity index (χ0n) is 12.2. The fraction of sp³-hybridized carbons (Fsp3) is 0.400. The molecule has 1 N–H and O–H groups in total. The summed E-state index contributed by atoms with van der Waals surface area (Å²) >= 11 is 6.01. The highest BCUT2D eigenvalue weighted by atomic mass is 35.5. The highest BCUT2D eigenvalue weighted by Crippen LogP contribution is 2.31. The van der Waals surface area contributed by atoms with Crippen LogP contribution in [0.3, 0.4) is 0 Å². The molecule has 1 aliphatic carbocycles. The number of benzene rings is 1. The number of halogens is 2. The van der Waals surface area contributed by atoms with Gasteiger partial charge in [-0.05, 0) is 25.0 Å². The van der Waals surface area contributed by atoms with Crippen molar-refractivity contribution in [3.8, 4) is 0 Å². The standard InChI is InChI=1S/C15H15ClFN3O3/c16-11-2-1-3-12(17)10(11)7-19(9-4-5-9)14(22)8-20-13(21)6-18-15(20)23/h1-3,9H,4-8H2,(H,18,23). The lowest BCUT2D eigenvalue weighted by Gasteiger charge is -2.25. The first kappa shape index (κ1) is 15.7. The highest BCUT2D eigenvalue weighted by Gasteiger charge is 2.37. The summed E-state index contributed by atoms with van der Waals surface area (Å²) in [4.78, 5) is 38.0. The number of hydrogen-bond acceptors (Lipinski definition) is 3. The molecular weight excluding hydrogens is 325 g/mol. The third kappa shape index (κ3) is 3.29. The molecule has 1 aromatic carbocycles. The topological polar surface area (TPSA) is 69.7 Å². The Kier molecular flexibility index (Phi) is 4.21. The first-order valence-corrected chi connectivity index (χ1v) is 7.65. The minimum Gasteiger partial charge on any atom is -0.334 e. The number of urea groups is 1. The number of imide groups is 1. The second kappa shape index (κ2) is 6.16. The van der Waals surface area contributed by atoms with Gasteiger partial charge in [0, 0.05) is 16.6 Å². The van der Waals surface area contributed by atoms with E-state index in [1.54, 1.807) is 6.07 Å². The number of hydrogen-bond donors (Lipinski definition) is 1. The van der Waals surface area contributed by atoms with Crippen LogP contribution in [0.15, 0.2) is 18.2 Å². The molecular formula is C15H15ClFN3O3. The number of rotatable bonds is 5. The zero-order valence-corrected chi connectivity index (χ0v) is 13.0. The molecule has 3 rings (SSSR count). The average molecular weight is 340 g/mol. The van der Waals surface area contributed by atoms with Gasteiger partial charge in [-0.15, -0.1) is 0 Å². The molecule has 1 aliphatic heterocycles. The van der Waals surface area contributed by atoms with Crippen molar-refractivity contribution in [2.24, 2.45) is 0 Å². The molecule has 23 heavy (non-hydrogen) atoms. The van der Waals surface area contributed by atoms with Crippen LogP contribution in [0.25, 0.3) is 0 Å². The van der Waals surface area contributed by atoms with Crippen LogP contribution in [0.4, 0.5) is 9.18 Å². The van der Waals surface area contributed by atoms with Crippen molar-refractivity contribution in [3.05, 3.63) is 34.6 Å². The van der Waals surface area contributed by atoms with Crippen LogP contribution in [0.1, 0.15) is 18.4 Å². The van der Waals surface area contributed by atoms with Crippen LogP contribution < -0.4 is 5.32 Å². The van der Waals surface area contributed by atoms with Gasteiger partial charge >= 0.3 is 6.03 Å². The summed E-state index contributed by atoms with van der Waals surface area (Å²) in [6.07, 6.45) is 1.63. The second-order valence-electron chi connectivity index (χ2n) is 5.59. The van der Waals surface area contributed by atoms with E-state index in [-0.39, 0.29) is 36.3 Å². The largest absolute Gasteiger partial charge is 0.334 e. The maximum Gasteiger partial charge on any atom is 0.325 e. The third-order valence-electron chi connectivity index (χ3n) is 3.93. The smallest absolute Gasteiger partial charge is 0.325 e. The summed E-state index contributed by atoms with van der Waals surface area (Å²) in [6.45, 7) is -0.416. The summed E-state index contributed by atoms with van der Waals surface area (Å²) in [5.41, 5.74) is 0.242. The molecule has 6 nitrogen and oxygen atoms in total. The van der Waals surface area contributed by atoms with Crippen LogP contribution in [-0.4, -0.2) is 46.8 Å². The van der Waals surface area contributed by atoms with E-state index in [0.717, 1.165) is 17.7 Å². The van der Waals surface area contributed by atoms with Gasteiger partial charge in [0.05, 0.1) is 13.1 Å². The predicted octanol–water partition coefficient (Wildman–Crippen LogP) is 1.52. The molecule has 0 unspecified atom stereocenters. The third-order valence-corrected chi connectivity index (χ3v) is 4.28. The maximum absolute atomic E-state index is 13.9. The first-order valence-electron chi connectivity index (χ1n) is 7.28. The Morgan fingerprint density at radius 1 is 1.39 bits per heavy atom. The SMILES string of the molecule is O=C1CNC(=O)N1CC(=O)N(Cc1c(F)cccc1Cl)C1CC1. The van der Waals surface area contributed by atoms with Gasteiger partial charge in [-0.3, -0.25) is 14.5 Å². The van der Waals surface area contributed by atoms with Crippen molar-refractivity contribution >= 4 is 29.4 Å². The maximum atomic E-state index is 13.9. The van der Waals surface area contributed by atoms with E-state index in [2.05, 4.69) is 5.32 Å². The lowest BCUT2D eigenvalue weighted by Crippen LogP contribution is -2.43. The average Bonchev–Trinajstić information content (AvgIpc) is 3.29. The van der Waals surface area contributed by atoms with Crippen LogP contribution in [0, 0.1) is 5.82 Å². The molecule has 1 heterocycles. The van der Waals surface area contributed by atoms with E-state index in [1.807, 2.05) is 0 Å². The van der Waals surface area contributed by atoms with E-state index < -0.39 is 23.7 Å². The van der Waals surface area contributed by atoms with Crippen molar-refractivity contribution in [2.75, 3.05) is 13.1 Å². The van der Waals surface area contributed by atoms with E-state index in [1.165, 1.54) is 17.0 Å². The first-order chi connectivity index (χ1) is 11.0. The van der Waals surface area contributed by atoms with E-state index >= 15 is 0 Å². The van der Waals surface area contributed by atoms with E-state index in [9.17, 15) is 18.8 Å². The van der Waals surface area contributed by atoms with Crippen molar-refractivity contribution < 1.29 is 18.8 Å². The van der Waals surface area contributed by atoms with Crippen LogP contribution in [0.5, 0.6) is 0 Å². The summed E-state index contributed by atoms with van der Waals surface area (Å²) in [5, 5.41) is 2.61. The predicted molar refractivity (Wildman–Crippen MR) is 80.1 cm³/mol. The Morgan fingerprint density at radius 3 is 2.70 bits per heavy atom. The van der Waals surface area contributed by atoms with Crippen molar-refractivity contribution in [1.82, 2.24) is 15.1 Å². The molecule has 0 radical (unpaired) electrons. The summed E-state index contributed by atoms with van der Waals surface area (Å²) < 4.78 is 13.9. The van der Waals surface area contributed by atoms with Gasteiger partial charge in [0.2, 0.25) is 5.91 Å². The van der Waals surface area contributed by atoms with Gasteiger partial charge in [-0.2, -0.15) is 0 Å². The highest BCUT2D eigenvalue weighted by molar-refractivity contribution is 6.31. The van der Waals surface area contributed by atoms with Gasteiger partial charge in [0.1, 0.15) is 12.4 Å². The van der Waals surface area contributed by atoms with Gasteiger partial charge in [-0.1, -0.05) is 17.7 Å². The molecule has 8 heteroatoms. The van der Waals surface area contributed by atoms with Crippen molar-refractivity contribution in [3.63, 3.8) is 0 Å². The van der Waals surface area contributed by atoms with Crippen molar-refractivity contribution in [1.29, 1.82) is 0 Å². The Bertz CT molecular complexity index is 642. The Morgan fingerprint density at radius 2 is 2.13 bits per heavy atom. The number of carbonyl (C=O) groups is 3. The zero-order chi connectivity index (χ0) is 16.6. The van der Waals surface area contributed by atoms with E-state index in [0.29, 0.717) is 0 Å². The quantitative estimate of drug-likeness (QED) is 0.827. The molecule has 122 valence electrons. The van der Waals surface area contributed by atoms with Gasteiger partial charge in [0.15, 0.2) is 0 Å². The number of nitrogens with zero attached hydrogens (tertiary/aromatic N) is 2. The molecule has 0 aromatic heterocycles. The van der Waals surface area contributed by atoms with Crippen LogP contribution in [0.2, 0.25) is 5.02 Å². The second-order valence-corrected chi connectivity index (χ2v) is 6.00. The molecule has 1 saturated carbocycles. The molecule has 0 bridgehead atoms. The summed E-state index contributed by atoms with van der Waals surface area (Å²) in [5.74, 6) is -1.31. The van der Waals surface area contributed by atoms with Crippen LogP contribution >= 0.6 is 11.6 Å². The van der Waals surface area contributed by atoms with Gasteiger partial charge < -0.3 is 10.2 Å². The van der Waals surface area contributed by atoms with Gasteiger partial charge in [0.25, 0.3) is 5.91 Å². The number of carbonyl (C=O) groups excluding carboxylic acids is 3. The van der Waals surface area contributed by atoms with Gasteiger partial charge in [-0.25, -0.2) is 9.18 Å². The number of nitrogens with one attached hydrogen (secondary N) is 1. The molecule has 4 amide bonds. The molecule has 1 saturated heterocycles. The van der Waals surface area contributed by atoms with Crippen LogP contribution in [-0.2, 0) is 16.1 Å². The Labute approximate surface area is 137 Å². The number of amides is 4. The monoisotopic (exact) mass is 339 g/mol. The molecule has 0 spiro atoms. The molecule has 2 fully saturated rings. The minimum absolute atomic E-state index is 0.000982. The fourth-order valence-corrected chi connectivity index (χ4v) is 2.73. The Hall–Kier alpha value is -2.15. The summed E-state index contributed by atoms with van der Waals surface area (Å²) in [7, 11) is 0. The molecule has 2 aliphatic rings.